The number of likely N-dealkylation sites (tertiary alicyclic amines) is 1. The zero-order valence-electron chi connectivity index (χ0n) is 8.91. The van der Waals surface area contributed by atoms with Gasteiger partial charge in [-0.05, 0) is 24.7 Å². The van der Waals surface area contributed by atoms with E-state index in [0.29, 0.717) is 12.8 Å². The lowest BCUT2D eigenvalue weighted by molar-refractivity contribution is -0.184. The van der Waals surface area contributed by atoms with E-state index in [1.165, 1.54) is 0 Å². The quantitative estimate of drug-likeness (QED) is 0.800. The lowest BCUT2D eigenvalue weighted by atomic mass is 10.0. The van der Waals surface area contributed by atoms with Gasteiger partial charge in [0, 0.05) is 13.1 Å². The minimum atomic E-state index is -4.83. The minimum Gasteiger partial charge on any atom is -0.481 e. The van der Waals surface area contributed by atoms with Crippen molar-refractivity contribution in [1.29, 1.82) is 0 Å². The van der Waals surface area contributed by atoms with Crippen molar-refractivity contribution in [3.63, 3.8) is 0 Å². The van der Waals surface area contributed by atoms with E-state index in [1.807, 2.05) is 0 Å². The molecular formula is C10H12F3NO3. The molecule has 0 radical (unpaired) electrons. The van der Waals surface area contributed by atoms with Gasteiger partial charge >= 0.3 is 18.1 Å². The number of halogens is 3. The number of alkyl halides is 3. The van der Waals surface area contributed by atoms with Crippen LogP contribution in [0.1, 0.15) is 12.8 Å². The van der Waals surface area contributed by atoms with Gasteiger partial charge in [0.2, 0.25) is 0 Å². The highest BCUT2D eigenvalue weighted by atomic mass is 19.4. The Morgan fingerprint density at radius 3 is 2.41 bits per heavy atom. The molecular weight excluding hydrogens is 239 g/mol. The monoisotopic (exact) mass is 251 g/mol. The first-order valence-corrected chi connectivity index (χ1v) is 5.39. The molecule has 17 heavy (non-hydrogen) atoms. The molecule has 7 heteroatoms. The highest BCUT2D eigenvalue weighted by Crippen LogP contribution is 2.47. The summed E-state index contributed by atoms with van der Waals surface area (Å²) >= 11 is 0. The molecule has 96 valence electrons. The Morgan fingerprint density at radius 1 is 1.29 bits per heavy atom. The molecule has 4 nitrogen and oxygen atoms in total. The van der Waals surface area contributed by atoms with Gasteiger partial charge < -0.3 is 10.0 Å². The van der Waals surface area contributed by atoms with Crippen LogP contribution in [0.3, 0.4) is 0 Å². The molecule has 1 saturated heterocycles. The van der Waals surface area contributed by atoms with Gasteiger partial charge in [-0.25, -0.2) is 0 Å². The maximum absolute atomic E-state index is 12.2. The van der Waals surface area contributed by atoms with E-state index in [2.05, 4.69) is 0 Å². The first kappa shape index (κ1) is 12.2. The van der Waals surface area contributed by atoms with Gasteiger partial charge in [-0.3, -0.25) is 9.59 Å². The molecule has 0 aromatic carbocycles. The summed E-state index contributed by atoms with van der Waals surface area (Å²) in [5.74, 6) is -3.29. The predicted molar refractivity (Wildman–Crippen MR) is 50.0 cm³/mol. The fraction of sp³-hybridized carbons (Fsp3) is 0.800. The maximum Gasteiger partial charge on any atom is 0.471 e. The molecule has 0 aromatic rings. The number of aliphatic carboxylic acids is 1. The Morgan fingerprint density at radius 2 is 1.94 bits per heavy atom. The maximum atomic E-state index is 12.2. The van der Waals surface area contributed by atoms with Crippen molar-refractivity contribution in [2.75, 3.05) is 13.1 Å². The molecule has 0 spiro atoms. The van der Waals surface area contributed by atoms with Crippen LogP contribution in [0.4, 0.5) is 13.2 Å². The van der Waals surface area contributed by atoms with E-state index in [4.69, 9.17) is 5.11 Å². The van der Waals surface area contributed by atoms with Crippen LogP contribution < -0.4 is 0 Å². The predicted octanol–water partition coefficient (Wildman–Crippen LogP) is 1.12. The molecule has 0 aromatic heterocycles. The third-order valence-corrected chi connectivity index (χ3v) is 3.52. The van der Waals surface area contributed by atoms with Crippen molar-refractivity contribution in [2.45, 2.75) is 19.0 Å². The van der Waals surface area contributed by atoms with Crippen LogP contribution in [-0.4, -0.2) is 41.1 Å². The van der Waals surface area contributed by atoms with Gasteiger partial charge in [-0.2, -0.15) is 13.2 Å². The number of carbonyl (C=O) groups is 2. The van der Waals surface area contributed by atoms with Crippen molar-refractivity contribution in [2.24, 2.45) is 17.8 Å². The molecule has 1 aliphatic heterocycles. The van der Waals surface area contributed by atoms with Gasteiger partial charge in [0.05, 0.1) is 5.92 Å². The van der Waals surface area contributed by atoms with Crippen molar-refractivity contribution in [3.05, 3.63) is 0 Å². The average molecular weight is 251 g/mol. The molecule has 1 amide bonds. The van der Waals surface area contributed by atoms with Crippen LogP contribution in [0.5, 0.6) is 0 Å². The fourth-order valence-corrected chi connectivity index (χ4v) is 2.52. The molecule has 1 unspecified atom stereocenters. The smallest absolute Gasteiger partial charge is 0.471 e. The largest absolute Gasteiger partial charge is 0.481 e. The van der Waals surface area contributed by atoms with Crippen molar-refractivity contribution < 1.29 is 27.9 Å². The molecule has 1 heterocycles. The first-order valence-electron chi connectivity index (χ1n) is 5.39. The number of hydrogen-bond donors (Lipinski definition) is 1. The van der Waals surface area contributed by atoms with Gasteiger partial charge in [0.25, 0.3) is 0 Å². The molecule has 2 fully saturated rings. The molecule has 1 aliphatic carbocycles. The fourth-order valence-electron chi connectivity index (χ4n) is 2.52. The van der Waals surface area contributed by atoms with E-state index in [1.54, 1.807) is 0 Å². The summed E-state index contributed by atoms with van der Waals surface area (Å²) in [4.78, 5) is 22.4. The molecule has 0 bridgehead atoms. The minimum absolute atomic E-state index is 0.0345. The lowest BCUT2D eigenvalue weighted by Gasteiger charge is -2.17. The summed E-state index contributed by atoms with van der Waals surface area (Å²) in [6, 6.07) is 0. The standard InChI is InChI=1S/C10H12F3NO3/c11-10(12,13)9(17)14-2-1-5(4-14)6-3-7(6)8(15)16/h5-7H,1-4H2,(H,15,16)/t5?,6-,7+/m0/s1. The summed E-state index contributed by atoms with van der Waals surface area (Å²) < 4.78 is 36.5. The molecule has 3 atom stereocenters. The van der Waals surface area contributed by atoms with E-state index in [-0.39, 0.29) is 24.9 Å². The number of amides is 1. The number of nitrogens with zero attached hydrogens (tertiary/aromatic N) is 1. The van der Waals surface area contributed by atoms with Crippen molar-refractivity contribution in [3.8, 4) is 0 Å². The molecule has 1 N–H and O–H groups in total. The van der Waals surface area contributed by atoms with Crippen molar-refractivity contribution >= 4 is 11.9 Å². The Kier molecular flexibility index (Phi) is 2.79. The van der Waals surface area contributed by atoms with E-state index < -0.39 is 24.0 Å². The second-order valence-corrected chi connectivity index (χ2v) is 4.64. The lowest BCUT2D eigenvalue weighted by Crippen LogP contribution is -2.39. The van der Waals surface area contributed by atoms with Crippen LogP contribution in [-0.2, 0) is 9.59 Å². The van der Waals surface area contributed by atoms with Crippen molar-refractivity contribution in [1.82, 2.24) is 4.90 Å². The normalized spacial score (nSPS) is 32.6. The number of carbonyl (C=O) groups excluding carboxylic acids is 1. The first-order chi connectivity index (χ1) is 7.80. The Balaban J connectivity index is 1.89. The summed E-state index contributed by atoms with van der Waals surface area (Å²) in [7, 11) is 0. The topological polar surface area (TPSA) is 57.6 Å². The van der Waals surface area contributed by atoms with Crippen LogP contribution in [0, 0.1) is 17.8 Å². The van der Waals surface area contributed by atoms with E-state index in [9.17, 15) is 22.8 Å². The number of rotatable bonds is 2. The molecule has 1 saturated carbocycles. The van der Waals surface area contributed by atoms with Crippen LogP contribution in [0.15, 0.2) is 0 Å². The zero-order valence-corrected chi connectivity index (χ0v) is 8.91. The summed E-state index contributed by atoms with van der Waals surface area (Å²) in [6.45, 7) is 0.110. The second kappa shape index (κ2) is 3.89. The SMILES string of the molecule is O=C(O)[C@@H]1C[C@H]1C1CCN(C(=O)C(F)(F)F)C1. The molecule has 2 rings (SSSR count). The number of hydrogen-bond acceptors (Lipinski definition) is 2. The van der Waals surface area contributed by atoms with Crippen LogP contribution in [0.25, 0.3) is 0 Å². The Labute approximate surface area is 95.4 Å². The Hall–Kier alpha value is -1.27. The summed E-state index contributed by atoms with van der Waals surface area (Å²) in [5, 5.41) is 8.73. The van der Waals surface area contributed by atoms with Crippen LogP contribution >= 0.6 is 0 Å². The molecule has 2 aliphatic rings. The van der Waals surface area contributed by atoms with Gasteiger partial charge in [0.15, 0.2) is 0 Å². The van der Waals surface area contributed by atoms with E-state index >= 15 is 0 Å². The third kappa shape index (κ3) is 2.37. The van der Waals surface area contributed by atoms with Gasteiger partial charge in [-0.15, -0.1) is 0 Å². The summed E-state index contributed by atoms with van der Waals surface area (Å²) in [6.07, 6.45) is -3.84. The van der Waals surface area contributed by atoms with E-state index in [0.717, 1.165) is 4.90 Å². The number of carboxylic acids is 1. The average Bonchev–Trinajstić information content (AvgIpc) is 2.87. The zero-order chi connectivity index (χ0) is 12.8. The van der Waals surface area contributed by atoms with Crippen LogP contribution in [0.2, 0.25) is 0 Å². The van der Waals surface area contributed by atoms with Gasteiger partial charge in [0.1, 0.15) is 0 Å². The second-order valence-electron chi connectivity index (χ2n) is 4.64. The number of carboxylic acid groups (broad SMARTS) is 1. The highest BCUT2D eigenvalue weighted by Gasteiger charge is 2.52. The summed E-state index contributed by atoms with van der Waals surface area (Å²) in [5.41, 5.74) is 0. The third-order valence-electron chi connectivity index (χ3n) is 3.52. The highest BCUT2D eigenvalue weighted by molar-refractivity contribution is 5.82. The van der Waals surface area contributed by atoms with Gasteiger partial charge in [-0.1, -0.05) is 0 Å². The Bertz CT molecular complexity index is 355.